The third-order valence-corrected chi connectivity index (χ3v) is 4.57. The standard InChI is InChI=1S/C15H16N2O4S/c1-10-2-5-12(16)8-14(10)11-3-6-13(7-4-11)22(20,21)17-9-15(18)19/h2-8,17H,9,16H2,1H3,(H,18,19). The fourth-order valence-electron chi connectivity index (χ4n) is 2.00. The molecule has 0 saturated heterocycles. The normalized spacial score (nSPS) is 11.3. The highest BCUT2D eigenvalue weighted by Crippen LogP contribution is 2.26. The molecule has 0 aliphatic carbocycles. The van der Waals surface area contributed by atoms with Gasteiger partial charge < -0.3 is 10.8 Å². The number of aliphatic carboxylic acids is 1. The summed E-state index contributed by atoms with van der Waals surface area (Å²) in [4.78, 5) is 10.5. The summed E-state index contributed by atoms with van der Waals surface area (Å²) in [5.74, 6) is -1.24. The van der Waals surface area contributed by atoms with Crippen LogP contribution < -0.4 is 10.5 Å². The summed E-state index contributed by atoms with van der Waals surface area (Å²) in [7, 11) is -3.83. The number of benzene rings is 2. The van der Waals surface area contributed by atoms with Crippen LogP contribution in [0.3, 0.4) is 0 Å². The van der Waals surface area contributed by atoms with Crippen LogP contribution in [0.1, 0.15) is 5.56 Å². The summed E-state index contributed by atoms with van der Waals surface area (Å²) in [5.41, 5.74) is 9.17. The zero-order valence-corrected chi connectivity index (χ0v) is 12.7. The SMILES string of the molecule is Cc1ccc(N)cc1-c1ccc(S(=O)(=O)NCC(=O)O)cc1. The van der Waals surface area contributed by atoms with Crippen molar-refractivity contribution >= 4 is 21.7 Å². The van der Waals surface area contributed by atoms with Gasteiger partial charge >= 0.3 is 5.97 Å². The Morgan fingerprint density at radius 1 is 1.18 bits per heavy atom. The van der Waals surface area contributed by atoms with Crippen molar-refractivity contribution in [1.82, 2.24) is 4.72 Å². The third-order valence-electron chi connectivity index (χ3n) is 3.15. The second-order valence-electron chi connectivity index (χ2n) is 4.82. The Kier molecular flexibility index (Phi) is 4.48. The van der Waals surface area contributed by atoms with E-state index in [1.54, 1.807) is 18.2 Å². The Morgan fingerprint density at radius 3 is 2.41 bits per heavy atom. The summed E-state index contributed by atoms with van der Waals surface area (Å²) in [6.45, 7) is 1.28. The lowest BCUT2D eigenvalue weighted by Crippen LogP contribution is -2.29. The van der Waals surface area contributed by atoms with Gasteiger partial charge in [0.2, 0.25) is 10.0 Å². The van der Waals surface area contributed by atoms with E-state index in [2.05, 4.69) is 0 Å². The van der Waals surface area contributed by atoms with Crippen molar-refractivity contribution in [3.8, 4) is 11.1 Å². The lowest BCUT2D eigenvalue weighted by molar-refractivity contribution is -0.135. The van der Waals surface area contributed by atoms with Gasteiger partial charge in [0, 0.05) is 5.69 Å². The quantitative estimate of drug-likeness (QED) is 0.725. The molecule has 7 heteroatoms. The molecule has 0 atom stereocenters. The molecule has 0 aliphatic heterocycles. The Morgan fingerprint density at radius 2 is 1.82 bits per heavy atom. The van der Waals surface area contributed by atoms with Gasteiger partial charge in [-0.05, 0) is 47.9 Å². The van der Waals surface area contributed by atoms with Gasteiger partial charge in [0.1, 0.15) is 6.54 Å². The van der Waals surface area contributed by atoms with Crippen LogP contribution in [-0.2, 0) is 14.8 Å². The largest absolute Gasteiger partial charge is 0.480 e. The molecular weight excluding hydrogens is 304 g/mol. The van der Waals surface area contributed by atoms with E-state index in [4.69, 9.17) is 10.8 Å². The first-order valence-electron chi connectivity index (χ1n) is 6.47. The lowest BCUT2D eigenvalue weighted by Gasteiger charge is -2.09. The fourth-order valence-corrected chi connectivity index (χ4v) is 2.98. The first-order valence-corrected chi connectivity index (χ1v) is 7.96. The first-order chi connectivity index (χ1) is 10.3. The fraction of sp³-hybridized carbons (Fsp3) is 0.133. The predicted molar refractivity (Wildman–Crippen MR) is 83.9 cm³/mol. The van der Waals surface area contributed by atoms with Crippen molar-refractivity contribution in [2.75, 3.05) is 12.3 Å². The van der Waals surface area contributed by atoms with Crippen LogP contribution in [0.5, 0.6) is 0 Å². The average Bonchev–Trinajstić information content (AvgIpc) is 2.48. The second kappa shape index (κ2) is 6.17. The summed E-state index contributed by atoms with van der Waals surface area (Å²) in [5, 5.41) is 8.53. The van der Waals surface area contributed by atoms with Crippen molar-refractivity contribution in [1.29, 1.82) is 0 Å². The van der Waals surface area contributed by atoms with Gasteiger partial charge in [0.25, 0.3) is 0 Å². The van der Waals surface area contributed by atoms with E-state index < -0.39 is 22.5 Å². The van der Waals surface area contributed by atoms with Crippen LogP contribution in [0.4, 0.5) is 5.69 Å². The average molecular weight is 320 g/mol. The Labute approximate surface area is 128 Å². The molecule has 116 valence electrons. The van der Waals surface area contributed by atoms with Crippen LogP contribution in [0.15, 0.2) is 47.4 Å². The third kappa shape index (κ3) is 3.63. The molecule has 0 spiro atoms. The lowest BCUT2D eigenvalue weighted by atomic mass is 10.0. The molecule has 2 rings (SSSR count). The van der Waals surface area contributed by atoms with E-state index in [0.717, 1.165) is 16.7 Å². The molecule has 0 bridgehead atoms. The van der Waals surface area contributed by atoms with Gasteiger partial charge in [-0.3, -0.25) is 4.79 Å². The number of nitrogens with one attached hydrogen (secondary N) is 1. The summed E-state index contributed by atoms with van der Waals surface area (Å²) in [6, 6.07) is 11.7. The number of nitrogen functional groups attached to an aromatic ring is 1. The van der Waals surface area contributed by atoms with E-state index in [1.165, 1.54) is 12.1 Å². The highest BCUT2D eigenvalue weighted by atomic mass is 32.2. The maximum absolute atomic E-state index is 11.9. The molecule has 2 aromatic rings. The number of hydrogen-bond acceptors (Lipinski definition) is 4. The molecule has 0 radical (unpaired) electrons. The topological polar surface area (TPSA) is 109 Å². The number of carboxylic acids is 1. The second-order valence-corrected chi connectivity index (χ2v) is 6.58. The molecule has 0 unspecified atom stereocenters. The molecule has 6 nitrogen and oxygen atoms in total. The van der Waals surface area contributed by atoms with Gasteiger partial charge in [-0.1, -0.05) is 18.2 Å². The monoisotopic (exact) mass is 320 g/mol. The van der Waals surface area contributed by atoms with Crippen LogP contribution in [-0.4, -0.2) is 26.0 Å². The minimum absolute atomic E-state index is 0.0130. The van der Waals surface area contributed by atoms with E-state index in [-0.39, 0.29) is 4.90 Å². The Balaban J connectivity index is 2.31. The highest BCUT2D eigenvalue weighted by Gasteiger charge is 2.15. The van der Waals surface area contributed by atoms with Crippen molar-refractivity contribution < 1.29 is 18.3 Å². The smallest absolute Gasteiger partial charge is 0.318 e. The van der Waals surface area contributed by atoms with Gasteiger partial charge in [0.05, 0.1) is 4.90 Å². The van der Waals surface area contributed by atoms with E-state index in [0.29, 0.717) is 5.69 Å². The van der Waals surface area contributed by atoms with Crippen LogP contribution in [0.25, 0.3) is 11.1 Å². The first kappa shape index (κ1) is 16.0. The number of nitrogens with two attached hydrogens (primary N) is 1. The molecule has 0 aromatic heterocycles. The van der Waals surface area contributed by atoms with Gasteiger partial charge in [-0.25, -0.2) is 8.42 Å². The Bertz CT molecular complexity index is 799. The molecule has 0 heterocycles. The number of aryl methyl sites for hydroxylation is 1. The highest BCUT2D eigenvalue weighted by molar-refractivity contribution is 7.89. The molecule has 0 fully saturated rings. The minimum Gasteiger partial charge on any atom is -0.480 e. The van der Waals surface area contributed by atoms with E-state index >= 15 is 0 Å². The van der Waals surface area contributed by atoms with E-state index in [9.17, 15) is 13.2 Å². The summed E-state index contributed by atoms with van der Waals surface area (Å²) in [6.07, 6.45) is 0. The van der Waals surface area contributed by atoms with Gasteiger partial charge in [-0.2, -0.15) is 4.72 Å². The number of carboxylic acid groups (broad SMARTS) is 1. The number of anilines is 1. The van der Waals surface area contributed by atoms with Crippen LogP contribution in [0, 0.1) is 6.92 Å². The van der Waals surface area contributed by atoms with Crippen molar-refractivity contribution in [2.45, 2.75) is 11.8 Å². The summed E-state index contributed by atoms with van der Waals surface area (Å²) < 4.78 is 25.8. The van der Waals surface area contributed by atoms with Gasteiger partial charge in [-0.15, -0.1) is 0 Å². The molecule has 0 aliphatic rings. The number of rotatable bonds is 5. The van der Waals surface area contributed by atoms with Crippen molar-refractivity contribution in [2.24, 2.45) is 0 Å². The predicted octanol–water partition coefficient (Wildman–Crippen LogP) is 1.61. The molecule has 0 saturated carbocycles. The Hall–Kier alpha value is -2.38. The maximum Gasteiger partial charge on any atom is 0.318 e. The van der Waals surface area contributed by atoms with Crippen molar-refractivity contribution in [3.05, 3.63) is 48.0 Å². The minimum atomic E-state index is -3.83. The van der Waals surface area contributed by atoms with Gasteiger partial charge in [0.15, 0.2) is 0 Å². The molecular formula is C15H16N2O4S. The molecule has 2 aromatic carbocycles. The van der Waals surface area contributed by atoms with Crippen LogP contribution >= 0.6 is 0 Å². The molecule has 4 N–H and O–H groups in total. The maximum atomic E-state index is 11.9. The zero-order valence-electron chi connectivity index (χ0n) is 11.9. The number of sulfonamides is 1. The number of hydrogen-bond donors (Lipinski definition) is 3. The number of carbonyl (C=O) groups is 1. The van der Waals surface area contributed by atoms with Crippen LogP contribution in [0.2, 0.25) is 0 Å². The summed E-state index contributed by atoms with van der Waals surface area (Å²) >= 11 is 0. The molecule has 22 heavy (non-hydrogen) atoms. The van der Waals surface area contributed by atoms with Crippen molar-refractivity contribution in [3.63, 3.8) is 0 Å². The molecule has 0 amide bonds. The zero-order chi connectivity index (χ0) is 16.3. The van der Waals surface area contributed by atoms with E-state index in [1.807, 2.05) is 23.8 Å².